The van der Waals surface area contributed by atoms with Crippen LogP contribution in [0.2, 0.25) is 0 Å². The van der Waals surface area contributed by atoms with E-state index in [0.29, 0.717) is 12.0 Å². The Morgan fingerprint density at radius 1 is 1.00 bits per heavy atom. The van der Waals surface area contributed by atoms with Crippen molar-refractivity contribution in [3.8, 4) is 0 Å². The highest BCUT2D eigenvalue weighted by molar-refractivity contribution is 5.82. The fraction of sp³-hybridized carbons (Fsp3) is 0.448. The highest BCUT2D eigenvalue weighted by atomic mass is 16.1. The minimum Gasteiger partial charge on any atom is -0.321 e. The molecule has 6 rings (SSSR count). The average Bonchev–Trinajstić information content (AvgIpc) is 3.34. The van der Waals surface area contributed by atoms with Crippen molar-refractivity contribution in [3.63, 3.8) is 0 Å². The maximum Gasteiger partial charge on any atom is 0.253 e. The van der Waals surface area contributed by atoms with Gasteiger partial charge in [-0.15, -0.1) is 5.10 Å². The molecule has 1 saturated carbocycles. The zero-order valence-electron chi connectivity index (χ0n) is 21.0. The summed E-state index contributed by atoms with van der Waals surface area (Å²) in [4.78, 5) is 19.3. The van der Waals surface area contributed by atoms with Crippen LogP contribution in [0.3, 0.4) is 0 Å². The summed E-state index contributed by atoms with van der Waals surface area (Å²) in [6, 6.07) is 18.2. The van der Waals surface area contributed by atoms with Crippen molar-refractivity contribution in [2.24, 2.45) is 5.41 Å². The van der Waals surface area contributed by atoms with Crippen LogP contribution in [-0.4, -0.2) is 43.2 Å². The van der Waals surface area contributed by atoms with Gasteiger partial charge < -0.3 is 4.98 Å². The van der Waals surface area contributed by atoms with E-state index in [1.54, 1.807) is 0 Å². The fourth-order valence-corrected chi connectivity index (χ4v) is 6.56. The average molecular weight is 483 g/mol. The molecule has 2 aromatic heterocycles. The summed E-state index contributed by atoms with van der Waals surface area (Å²) in [5.74, 6) is 0.740. The Hall–Kier alpha value is -3.32. The maximum absolute atomic E-state index is 13.6. The molecule has 1 N–H and O–H groups in total. The van der Waals surface area contributed by atoms with Gasteiger partial charge in [-0.2, -0.15) is 0 Å². The van der Waals surface area contributed by atoms with Crippen molar-refractivity contribution in [1.29, 1.82) is 0 Å². The van der Waals surface area contributed by atoms with Gasteiger partial charge >= 0.3 is 0 Å². The lowest BCUT2D eigenvalue weighted by atomic mass is 9.69. The molecule has 1 aliphatic heterocycles. The zero-order valence-corrected chi connectivity index (χ0v) is 21.0. The van der Waals surface area contributed by atoms with Crippen LogP contribution in [-0.2, 0) is 6.54 Å². The summed E-state index contributed by atoms with van der Waals surface area (Å²) in [5, 5.41) is 14.1. The van der Waals surface area contributed by atoms with Crippen LogP contribution in [0.5, 0.6) is 0 Å². The number of fused-ring (bicyclic) bond motifs is 1. The van der Waals surface area contributed by atoms with Crippen LogP contribution >= 0.6 is 0 Å². The Kier molecular flexibility index (Phi) is 6.17. The summed E-state index contributed by atoms with van der Waals surface area (Å²) in [6.45, 7) is 4.54. The molecule has 1 unspecified atom stereocenters. The minimum absolute atomic E-state index is 0.0562. The number of hydrogen-bond donors (Lipinski definition) is 1. The van der Waals surface area contributed by atoms with Crippen molar-refractivity contribution in [3.05, 3.63) is 87.5 Å². The number of aryl methyl sites for hydroxylation is 1. The fourth-order valence-electron chi connectivity index (χ4n) is 6.56. The molecular weight excluding hydrogens is 448 g/mol. The van der Waals surface area contributed by atoms with Gasteiger partial charge in [0.25, 0.3) is 5.56 Å². The van der Waals surface area contributed by atoms with E-state index in [1.165, 1.54) is 38.5 Å². The van der Waals surface area contributed by atoms with Gasteiger partial charge in [-0.05, 0) is 77.6 Å². The SMILES string of the molecule is Cc1cccc2cc(C(c3nnnn3Cc3ccccc3)N3CCCC4(CCCCC4)C3)c(=O)[nH]c12. The zero-order chi connectivity index (χ0) is 24.5. The Labute approximate surface area is 211 Å². The molecule has 0 amide bonds. The second kappa shape index (κ2) is 9.62. The monoisotopic (exact) mass is 482 g/mol. The lowest BCUT2D eigenvalue weighted by molar-refractivity contribution is 0.0340. The van der Waals surface area contributed by atoms with E-state index in [-0.39, 0.29) is 11.6 Å². The van der Waals surface area contributed by atoms with Gasteiger partial charge in [0.1, 0.15) is 6.04 Å². The largest absolute Gasteiger partial charge is 0.321 e. The highest BCUT2D eigenvalue weighted by Crippen LogP contribution is 2.45. The molecule has 0 bridgehead atoms. The predicted molar refractivity (Wildman–Crippen MR) is 141 cm³/mol. The van der Waals surface area contributed by atoms with Gasteiger partial charge in [0.05, 0.1) is 12.1 Å². The number of H-pyrrole nitrogens is 1. The molecule has 186 valence electrons. The summed E-state index contributed by atoms with van der Waals surface area (Å²) in [7, 11) is 0. The molecule has 2 fully saturated rings. The van der Waals surface area contributed by atoms with Gasteiger partial charge in [0.15, 0.2) is 5.82 Å². The molecule has 2 aromatic carbocycles. The molecule has 7 heteroatoms. The third-order valence-corrected chi connectivity index (χ3v) is 8.36. The van der Waals surface area contributed by atoms with E-state index in [9.17, 15) is 4.79 Å². The number of hydrogen-bond acceptors (Lipinski definition) is 5. The number of benzene rings is 2. The number of aromatic amines is 1. The van der Waals surface area contributed by atoms with Crippen molar-refractivity contribution in [1.82, 2.24) is 30.1 Å². The topological polar surface area (TPSA) is 79.7 Å². The summed E-state index contributed by atoms with van der Waals surface area (Å²) in [6.07, 6.45) is 8.92. The Balaban J connectivity index is 1.46. The van der Waals surface area contributed by atoms with Gasteiger partial charge in [0, 0.05) is 12.1 Å². The van der Waals surface area contributed by atoms with E-state index in [2.05, 4.69) is 49.7 Å². The second-order valence-corrected chi connectivity index (χ2v) is 10.8. The van der Waals surface area contributed by atoms with Gasteiger partial charge in [-0.25, -0.2) is 4.68 Å². The molecule has 0 radical (unpaired) electrons. The van der Waals surface area contributed by atoms with Gasteiger partial charge in [0.2, 0.25) is 0 Å². The molecule has 3 heterocycles. The highest BCUT2D eigenvalue weighted by Gasteiger charge is 2.41. The molecule has 1 atom stereocenters. The maximum atomic E-state index is 13.6. The van der Waals surface area contributed by atoms with E-state index < -0.39 is 0 Å². The number of nitrogens with zero attached hydrogens (tertiary/aromatic N) is 5. The number of aromatic nitrogens is 5. The summed E-state index contributed by atoms with van der Waals surface area (Å²) < 4.78 is 1.88. The van der Waals surface area contributed by atoms with Gasteiger partial charge in [-0.1, -0.05) is 67.8 Å². The first kappa shape index (κ1) is 23.1. The van der Waals surface area contributed by atoms with Crippen molar-refractivity contribution in [2.45, 2.75) is 64.5 Å². The van der Waals surface area contributed by atoms with E-state index in [1.807, 2.05) is 41.9 Å². The van der Waals surface area contributed by atoms with E-state index in [0.717, 1.165) is 52.9 Å². The Morgan fingerprint density at radius 3 is 2.64 bits per heavy atom. The molecule has 1 spiro atoms. The molecule has 7 nitrogen and oxygen atoms in total. The number of pyridine rings is 1. The molecule has 1 aliphatic carbocycles. The third-order valence-electron chi connectivity index (χ3n) is 8.36. The predicted octanol–water partition coefficient (Wildman–Crippen LogP) is 5.01. The van der Waals surface area contributed by atoms with Crippen molar-refractivity contribution < 1.29 is 0 Å². The Bertz CT molecular complexity index is 1400. The van der Waals surface area contributed by atoms with E-state index >= 15 is 0 Å². The van der Waals surface area contributed by atoms with E-state index in [4.69, 9.17) is 0 Å². The first-order valence-corrected chi connectivity index (χ1v) is 13.3. The number of tetrazole rings is 1. The molecule has 36 heavy (non-hydrogen) atoms. The Morgan fingerprint density at radius 2 is 1.81 bits per heavy atom. The quantitative estimate of drug-likeness (QED) is 0.433. The van der Waals surface area contributed by atoms with Crippen LogP contribution < -0.4 is 5.56 Å². The van der Waals surface area contributed by atoms with Crippen LogP contribution in [0.25, 0.3) is 10.9 Å². The minimum atomic E-state index is -0.295. The number of piperidine rings is 1. The number of para-hydroxylation sites is 1. The van der Waals surface area contributed by atoms with Crippen LogP contribution in [0.1, 0.15) is 73.5 Å². The van der Waals surface area contributed by atoms with Crippen molar-refractivity contribution in [2.75, 3.05) is 13.1 Å². The summed E-state index contributed by atoms with van der Waals surface area (Å²) in [5.41, 5.74) is 4.11. The van der Waals surface area contributed by atoms with Crippen LogP contribution in [0.4, 0.5) is 0 Å². The summed E-state index contributed by atoms with van der Waals surface area (Å²) >= 11 is 0. The first-order valence-electron chi connectivity index (χ1n) is 13.3. The standard InChI is InChI=1S/C29H34N6O/c1-21-10-8-13-23-18-24(28(36)30-25(21)23)26(34-17-9-16-29(20-34)14-6-3-7-15-29)27-31-32-33-35(27)19-22-11-4-2-5-12-22/h2,4-5,8,10-13,18,26H,3,6-7,9,14-17,19-20H2,1H3,(H,30,36). The number of likely N-dealkylation sites (tertiary alicyclic amines) is 1. The molecule has 4 aromatic rings. The van der Waals surface area contributed by atoms with Crippen LogP contribution in [0.15, 0.2) is 59.4 Å². The normalized spacial score (nSPS) is 19.0. The smallest absolute Gasteiger partial charge is 0.253 e. The first-order chi connectivity index (χ1) is 17.6. The third kappa shape index (κ3) is 4.37. The second-order valence-electron chi connectivity index (χ2n) is 10.8. The molecular formula is C29H34N6O. The lowest BCUT2D eigenvalue weighted by Crippen LogP contribution is -2.47. The number of nitrogens with one attached hydrogen (secondary N) is 1. The number of rotatable bonds is 5. The molecule has 1 saturated heterocycles. The van der Waals surface area contributed by atoms with Crippen LogP contribution in [0, 0.1) is 12.3 Å². The van der Waals surface area contributed by atoms with Crippen molar-refractivity contribution >= 4 is 10.9 Å². The van der Waals surface area contributed by atoms with Gasteiger partial charge in [-0.3, -0.25) is 9.69 Å². The molecule has 2 aliphatic rings. The lowest BCUT2D eigenvalue weighted by Gasteiger charge is -2.47.